The first-order valence-electron chi connectivity index (χ1n) is 9.08. The van der Waals surface area contributed by atoms with Crippen LogP contribution >= 0.6 is 35.6 Å². The number of rotatable bonds is 7. The SMILES string of the molecule is CCNC(=NCc1nc(C)c(C)o1)NCCc1nc(-c2cccc(Cl)c2)no1.I. The highest BCUT2D eigenvalue weighted by Crippen LogP contribution is 2.19. The highest BCUT2D eigenvalue weighted by Gasteiger charge is 2.10. The number of halogens is 2. The zero-order chi connectivity index (χ0) is 19.9. The number of aromatic nitrogens is 3. The van der Waals surface area contributed by atoms with Crippen LogP contribution in [0.3, 0.4) is 0 Å². The van der Waals surface area contributed by atoms with Crippen LogP contribution in [-0.2, 0) is 13.0 Å². The molecule has 0 atom stereocenters. The topological polar surface area (TPSA) is 101 Å². The van der Waals surface area contributed by atoms with E-state index in [2.05, 4.69) is 30.8 Å². The van der Waals surface area contributed by atoms with Crippen molar-refractivity contribution in [3.8, 4) is 11.4 Å². The van der Waals surface area contributed by atoms with Crippen molar-refractivity contribution in [1.82, 2.24) is 25.8 Å². The van der Waals surface area contributed by atoms with E-state index in [1.165, 1.54) is 0 Å². The van der Waals surface area contributed by atoms with Crippen LogP contribution in [0.5, 0.6) is 0 Å². The Labute approximate surface area is 191 Å². The highest BCUT2D eigenvalue weighted by atomic mass is 127. The molecule has 0 aliphatic heterocycles. The van der Waals surface area contributed by atoms with Crippen molar-refractivity contribution in [3.05, 3.63) is 52.5 Å². The molecule has 10 heteroatoms. The van der Waals surface area contributed by atoms with Crippen molar-refractivity contribution < 1.29 is 8.94 Å². The number of hydrogen-bond donors (Lipinski definition) is 2. The third-order valence-corrected chi connectivity index (χ3v) is 4.21. The fraction of sp³-hybridized carbons (Fsp3) is 0.368. The first-order valence-corrected chi connectivity index (χ1v) is 9.46. The number of guanidine groups is 1. The Morgan fingerprint density at radius 2 is 2.00 bits per heavy atom. The Morgan fingerprint density at radius 1 is 1.17 bits per heavy atom. The smallest absolute Gasteiger partial charge is 0.228 e. The third-order valence-electron chi connectivity index (χ3n) is 3.97. The van der Waals surface area contributed by atoms with E-state index >= 15 is 0 Å². The number of aryl methyl sites for hydroxylation is 2. The first kappa shape index (κ1) is 23.1. The van der Waals surface area contributed by atoms with Gasteiger partial charge < -0.3 is 19.6 Å². The summed E-state index contributed by atoms with van der Waals surface area (Å²) >= 11 is 6.01. The van der Waals surface area contributed by atoms with Crippen LogP contribution in [0.25, 0.3) is 11.4 Å². The molecule has 29 heavy (non-hydrogen) atoms. The number of hydrogen-bond acceptors (Lipinski definition) is 6. The lowest BCUT2D eigenvalue weighted by Crippen LogP contribution is -2.38. The van der Waals surface area contributed by atoms with Gasteiger partial charge in [-0.3, -0.25) is 0 Å². The Hall–Kier alpha value is -2.14. The Kier molecular flexibility index (Phi) is 8.90. The molecule has 0 bridgehead atoms. The molecule has 0 fully saturated rings. The van der Waals surface area contributed by atoms with Crippen molar-refractivity contribution in [1.29, 1.82) is 0 Å². The van der Waals surface area contributed by atoms with E-state index in [-0.39, 0.29) is 24.0 Å². The number of nitrogens with one attached hydrogen (secondary N) is 2. The second-order valence-corrected chi connectivity index (χ2v) is 6.58. The Bertz CT molecular complexity index is 936. The lowest BCUT2D eigenvalue weighted by molar-refractivity contribution is 0.378. The summed E-state index contributed by atoms with van der Waals surface area (Å²) < 4.78 is 10.9. The second kappa shape index (κ2) is 11.1. The number of benzene rings is 1. The molecule has 2 heterocycles. The largest absolute Gasteiger partial charge is 0.444 e. The zero-order valence-electron chi connectivity index (χ0n) is 16.5. The molecule has 0 aliphatic carbocycles. The second-order valence-electron chi connectivity index (χ2n) is 6.14. The molecular formula is C19H24ClIN6O2. The van der Waals surface area contributed by atoms with E-state index in [1.54, 1.807) is 12.1 Å². The standard InChI is InChI=1S/C19H23ClN6O2.HI/c1-4-21-19(23-11-17-24-12(2)13(3)27-17)22-9-8-16-25-18(26-28-16)14-6-5-7-15(20)10-14;/h5-7,10H,4,8-9,11H2,1-3H3,(H2,21,22,23);1H. The highest BCUT2D eigenvalue weighted by molar-refractivity contribution is 14.0. The van der Waals surface area contributed by atoms with Gasteiger partial charge >= 0.3 is 0 Å². The lowest BCUT2D eigenvalue weighted by atomic mass is 10.2. The minimum Gasteiger partial charge on any atom is -0.444 e. The fourth-order valence-electron chi connectivity index (χ4n) is 2.48. The predicted octanol–water partition coefficient (Wildman–Crippen LogP) is 3.91. The van der Waals surface area contributed by atoms with E-state index < -0.39 is 0 Å². The number of aliphatic imine (C=N–C) groups is 1. The summed E-state index contributed by atoms with van der Waals surface area (Å²) in [6, 6.07) is 7.35. The molecule has 2 N–H and O–H groups in total. The summed E-state index contributed by atoms with van der Waals surface area (Å²) in [6.45, 7) is 7.51. The summed E-state index contributed by atoms with van der Waals surface area (Å²) in [6.07, 6.45) is 0.565. The fourth-order valence-corrected chi connectivity index (χ4v) is 2.67. The van der Waals surface area contributed by atoms with Crippen molar-refractivity contribution in [2.75, 3.05) is 13.1 Å². The average molecular weight is 531 g/mol. The number of nitrogens with zero attached hydrogens (tertiary/aromatic N) is 4. The number of oxazole rings is 1. The quantitative estimate of drug-likeness (QED) is 0.271. The lowest BCUT2D eigenvalue weighted by Gasteiger charge is -2.09. The van der Waals surface area contributed by atoms with Gasteiger partial charge in [0, 0.05) is 30.1 Å². The van der Waals surface area contributed by atoms with Crippen LogP contribution in [-0.4, -0.2) is 34.2 Å². The monoisotopic (exact) mass is 530 g/mol. The van der Waals surface area contributed by atoms with Gasteiger partial charge in [-0.2, -0.15) is 4.98 Å². The van der Waals surface area contributed by atoms with Gasteiger partial charge in [-0.05, 0) is 32.9 Å². The molecule has 2 aromatic heterocycles. The van der Waals surface area contributed by atoms with Gasteiger partial charge in [-0.25, -0.2) is 9.98 Å². The van der Waals surface area contributed by atoms with E-state index in [0.717, 1.165) is 23.6 Å². The first-order chi connectivity index (χ1) is 13.5. The van der Waals surface area contributed by atoms with Gasteiger partial charge in [0.1, 0.15) is 12.3 Å². The van der Waals surface area contributed by atoms with E-state index in [4.69, 9.17) is 20.5 Å². The summed E-state index contributed by atoms with van der Waals surface area (Å²) in [5, 5.41) is 11.1. The van der Waals surface area contributed by atoms with Gasteiger partial charge in [0.2, 0.25) is 17.6 Å². The van der Waals surface area contributed by atoms with Crippen LogP contribution in [0.1, 0.15) is 30.2 Å². The molecule has 0 unspecified atom stereocenters. The summed E-state index contributed by atoms with van der Waals surface area (Å²) in [5.74, 6) is 3.14. The Balaban J connectivity index is 0.00000300. The maximum Gasteiger partial charge on any atom is 0.228 e. The molecular weight excluding hydrogens is 507 g/mol. The zero-order valence-corrected chi connectivity index (χ0v) is 19.6. The van der Waals surface area contributed by atoms with Gasteiger partial charge in [0.15, 0.2) is 5.96 Å². The van der Waals surface area contributed by atoms with Crippen LogP contribution < -0.4 is 10.6 Å². The summed E-state index contributed by atoms with van der Waals surface area (Å²) in [5.41, 5.74) is 1.71. The predicted molar refractivity (Wildman–Crippen MR) is 123 cm³/mol. The van der Waals surface area contributed by atoms with Gasteiger partial charge in [-0.15, -0.1) is 24.0 Å². The molecule has 1 aromatic carbocycles. The van der Waals surface area contributed by atoms with Crippen LogP contribution in [0, 0.1) is 13.8 Å². The minimum atomic E-state index is 0. The molecule has 156 valence electrons. The molecule has 3 aromatic rings. The molecule has 3 rings (SSSR count). The van der Waals surface area contributed by atoms with E-state index in [1.807, 2.05) is 32.9 Å². The molecule has 0 amide bonds. The molecule has 0 saturated carbocycles. The van der Waals surface area contributed by atoms with E-state index in [9.17, 15) is 0 Å². The molecule has 0 spiro atoms. The van der Waals surface area contributed by atoms with Gasteiger partial charge in [-0.1, -0.05) is 28.9 Å². The van der Waals surface area contributed by atoms with E-state index in [0.29, 0.717) is 48.1 Å². The normalized spacial score (nSPS) is 11.2. The van der Waals surface area contributed by atoms with Crippen molar-refractivity contribution >= 4 is 41.5 Å². The summed E-state index contributed by atoms with van der Waals surface area (Å²) in [7, 11) is 0. The maximum absolute atomic E-state index is 6.01. The van der Waals surface area contributed by atoms with Crippen LogP contribution in [0.15, 0.2) is 38.2 Å². The molecule has 0 aliphatic rings. The molecule has 0 radical (unpaired) electrons. The maximum atomic E-state index is 6.01. The van der Waals surface area contributed by atoms with Crippen molar-refractivity contribution in [2.45, 2.75) is 33.7 Å². The van der Waals surface area contributed by atoms with Gasteiger partial charge in [0.05, 0.1) is 5.69 Å². The minimum absolute atomic E-state index is 0. The molecule has 0 saturated heterocycles. The van der Waals surface area contributed by atoms with Crippen molar-refractivity contribution in [3.63, 3.8) is 0 Å². The molecule has 8 nitrogen and oxygen atoms in total. The Morgan fingerprint density at radius 3 is 2.69 bits per heavy atom. The third kappa shape index (κ3) is 6.70. The van der Waals surface area contributed by atoms with Crippen LogP contribution in [0.4, 0.5) is 0 Å². The van der Waals surface area contributed by atoms with Gasteiger partial charge in [0.25, 0.3) is 0 Å². The van der Waals surface area contributed by atoms with Crippen molar-refractivity contribution in [2.24, 2.45) is 4.99 Å². The summed E-state index contributed by atoms with van der Waals surface area (Å²) in [4.78, 5) is 13.2. The average Bonchev–Trinajstić information content (AvgIpc) is 3.26. The van der Waals surface area contributed by atoms with Crippen LogP contribution in [0.2, 0.25) is 5.02 Å².